The van der Waals surface area contributed by atoms with Crippen molar-refractivity contribution in [1.82, 2.24) is 0 Å². The van der Waals surface area contributed by atoms with E-state index in [0.29, 0.717) is 43.6 Å². The highest BCUT2D eigenvalue weighted by Crippen LogP contribution is 2.48. The Morgan fingerprint density at radius 2 is 1.60 bits per heavy atom. The van der Waals surface area contributed by atoms with Gasteiger partial charge in [-0.15, -0.1) is 11.6 Å². The molecule has 2 fully saturated rings. The first kappa shape index (κ1) is 45.0. The molecule has 0 aliphatic heterocycles. The Kier molecular flexibility index (Phi) is 21.8. The van der Waals surface area contributed by atoms with Crippen LogP contribution in [-0.4, -0.2) is 58.1 Å². The van der Waals surface area contributed by atoms with Gasteiger partial charge in [-0.25, -0.2) is 4.79 Å². The number of esters is 1. The van der Waals surface area contributed by atoms with Crippen LogP contribution in [0.2, 0.25) is 0 Å². The average Bonchev–Trinajstić information content (AvgIpc) is 3.38. The van der Waals surface area contributed by atoms with Crippen molar-refractivity contribution in [3.05, 3.63) is 53.6 Å². The van der Waals surface area contributed by atoms with Crippen LogP contribution < -0.4 is 4.74 Å². The fraction of sp³-hybridized carbons (Fsp3) is 0.733. The molecule has 2 aliphatic rings. The number of hydrogen-bond donors (Lipinski definition) is 3. The lowest BCUT2D eigenvalue weighted by molar-refractivity contribution is -0.143. The Balaban J connectivity index is 1.29. The molecule has 0 spiro atoms. The Labute approximate surface area is 326 Å². The van der Waals surface area contributed by atoms with Crippen LogP contribution in [0.15, 0.2) is 42.5 Å². The third kappa shape index (κ3) is 16.1. The SMILES string of the molecule is CCCCCCCCCCCCCCOc1ccc(C(=O)O)c(CCOC(=O)CCCC=CC[C@@H]2[C@@H](C=CC[C@H](O)C3(CC)CCC3)[C@H](O)C[C@H]2Cl)c1. The van der Waals surface area contributed by atoms with E-state index < -0.39 is 12.1 Å². The van der Waals surface area contributed by atoms with Crippen molar-refractivity contribution >= 4 is 23.5 Å². The lowest BCUT2D eigenvalue weighted by Crippen LogP contribution is -2.40. The van der Waals surface area contributed by atoms with Crippen LogP contribution in [0.5, 0.6) is 5.75 Å². The summed E-state index contributed by atoms with van der Waals surface area (Å²) in [6.45, 7) is 5.13. The summed E-state index contributed by atoms with van der Waals surface area (Å²) >= 11 is 6.64. The van der Waals surface area contributed by atoms with Gasteiger partial charge in [-0.05, 0) is 92.9 Å². The van der Waals surface area contributed by atoms with E-state index in [9.17, 15) is 24.9 Å². The number of hydrogen-bond acceptors (Lipinski definition) is 6. The summed E-state index contributed by atoms with van der Waals surface area (Å²) < 4.78 is 11.4. The van der Waals surface area contributed by atoms with E-state index in [4.69, 9.17) is 21.1 Å². The predicted molar refractivity (Wildman–Crippen MR) is 216 cm³/mol. The van der Waals surface area contributed by atoms with Crippen LogP contribution in [0.3, 0.4) is 0 Å². The molecule has 0 radical (unpaired) electrons. The van der Waals surface area contributed by atoms with Gasteiger partial charge in [0.15, 0.2) is 0 Å². The zero-order valence-corrected chi connectivity index (χ0v) is 33.7. The molecule has 3 rings (SSSR count). The number of halogens is 1. The van der Waals surface area contributed by atoms with Gasteiger partial charge < -0.3 is 24.8 Å². The number of carboxylic acid groups (broad SMARTS) is 1. The van der Waals surface area contributed by atoms with E-state index in [1.165, 1.54) is 70.6 Å². The van der Waals surface area contributed by atoms with Gasteiger partial charge in [0.25, 0.3) is 0 Å². The largest absolute Gasteiger partial charge is 0.494 e. The molecule has 7 nitrogen and oxygen atoms in total. The number of unbranched alkanes of at least 4 members (excludes halogenated alkanes) is 12. The molecule has 0 bridgehead atoms. The number of alkyl halides is 1. The number of benzene rings is 1. The minimum atomic E-state index is -1.01. The van der Waals surface area contributed by atoms with Crippen LogP contribution in [0.25, 0.3) is 0 Å². The van der Waals surface area contributed by atoms with Crippen molar-refractivity contribution in [3.8, 4) is 5.75 Å². The monoisotopic (exact) mass is 758 g/mol. The first-order valence-electron chi connectivity index (χ1n) is 21.2. The third-order valence-electron chi connectivity index (χ3n) is 11.9. The molecule has 5 atom stereocenters. The Bertz CT molecular complexity index is 1240. The van der Waals surface area contributed by atoms with Crippen LogP contribution in [0, 0.1) is 17.3 Å². The Hall–Kier alpha value is -2.35. The van der Waals surface area contributed by atoms with Gasteiger partial charge in [-0.1, -0.05) is 115 Å². The molecular weight excluding hydrogens is 688 g/mol. The minimum Gasteiger partial charge on any atom is -0.494 e. The van der Waals surface area contributed by atoms with Crippen LogP contribution in [0.4, 0.5) is 0 Å². The van der Waals surface area contributed by atoms with E-state index in [2.05, 4.69) is 32.1 Å². The molecule has 0 amide bonds. The van der Waals surface area contributed by atoms with Crippen LogP contribution >= 0.6 is 11.6 Å². The maximum atomic E-state index is 12.4. The van der Waals surface area contributed by atoms with Gasteiger partial charge in [0.05, 0.1) is 31.0 Å². The highest BCUT2D eigenvalue weighted by atomic mass is 35.5. The van der Waals surface area contributed by atoms with Crippen molar-refractivity contribution in [2.75, 3.05) is 13.2 Å². The van der Waals surface area contributed by atoms with Gasteiger partial charge in [0, 0.05) is 24.1 Å². The second-order valence-electron chi connectivity index (χ2n) is 15.7. The number of aromatic carboxylic acids is 1. The molecule has 0 unspecified atom stereocenters. The van der Waals surface area contributed by atoms with Gasteiger partial charge >= 0.3 is 11.9 Å². The topological polar surface area (TPSA) is 113 Å². The quantitative estimate of drug-likeness (QED) is 0.0322. The van der Waals surface area contributed by atoms with Crippen molar-refractivity contribution in [2.24, 2.45) is 17.3 Å². The van der Waals surface area contributed by atoms with E-state index in [0.717, 1.165) is 44.9 Å². The van der Waals surface area contributed by atoms with Crippen molar-refractivity contribution in [1.29, 1.82) is 0 Å². The molecule has 0 aromatic heterocycles. The summed E-state index contributed by atoms with van der Waals surface area (Å²) in [7, 11) is 0. The third-order valence-corrected chi connectivity index (χ3v) is 12.4. The molecule has 2 saturated carbocycles. The van der Waals surface area contributed by atoms with E-state index in [1.807, 2.05) is 6.08 Å². The molecule has 0 heterocycles. The lowest BCUT2D eigenvalue weighted by atomic mass is 9.63. The molecule has 8 heteroatoms. The lowest BCUT2D eigenvalue weighted by Gasteiger charge is -2.45. The highest BCUT2D eigenvalue weighted by Gasteiger charge is 2.42. The summed E-state index contributed by atoms with van der Waals surface area (Å²) in [5.74, 6) is -0.564. The van der Waals surface area contributed by atoms with E-state index in [-0.39, 0.29) is 53.3 Å². The van der Waals surface area contributed by atoms with Gasteiger partial charge in [0.1, 0.15) is 5.75 Å². The molecule has 0 saturated heterocycles. The second kappa shape index (κ2) is 25.7. The number of allylic oxidation sites excluding steroid dienone is 2. The number of carboxylic acids is 1. The number of rotatable bonds is 29. The number of carbonyl (C=O) groups is 2. The van der Waals surface area contributed by atoms with Crippen LogP contribution in [0.1, 0.15) is 171 Å². The Morgan fingerprint density at radius 1 is 0.925 bits per heavy atom. The molecule has 2 aliphatic carbocycles. The number of ether oxygens (including phenoxy) is 2. The molecule has 300 valence electrons. The zero-order valence-electron chi connectivity index (χ0n) is 33.0. The fourth-order valence-electron chi connectivity index (χ4n) is 8.12. The molecular formula is C45H71ClO7. The van der Waals surface area contributed by atoms with Crippen molar-refractivity contribution < 1.29 is 34.4 Å². The first-order valence-corrected chi connectivity index (χ1v) is 21.6. The summed E-state index contributed by atoms with van der Waals surface area (Å²) in [6.07, 6.45) is 31.1. The molecule has 1 aromatic carbocycles. The average molecular weight is 760 g/mol. The van der Waals surface area contributed by atoms with Gasteiger partial charge in [-0.2, -0.15) is 0 Å². The summed E-state index contributed by atoms with van der Waals surface area (Å²) in [4.78, 5) is 24.2. The number of carbonyl (C=O) groups excluding carboxylic acids is 1. The van der Waals surface area contributed by atoms with Crippen molar-refractivity contribution in [3.63, 3.8) is 0 Å². The van der Waals surface area contributed by atoms with Crippen LogP contribution in [-0.2, 0) is 16.0 Å². The summed E-state index contributed by atoms with van der Waals surface area (Å²) in [5.41, 5.74) is 0.868. The number of aliphatic hydroxyl groups is 2. The zero-order chi connectivity index (χ0) is 38.3. The second-order valence-corrected chi connectivity index (χ2v) is 16.3. The van der Waals surface area contributed by atoms with E-state index in [1.54, 1.807) is 18.2 Å². The van der Waals surface area contributed by atoms with E-state index >= 15 is 0 Å². The normalized spacial score (nSPS) is 21.6. The minimum absolute atomic E-state index is 0.0311. The molecule has 53 heavy (non-hydrogen) atoms. The maximum absolute atomic E-state index is 12.4. The van der Waals surface area contributed by atoms with Gasteiger partial charge in [0.2, 0.25) is 0 Å². The Morgan fingerprint density at radius 3 is 2.23 bits per heavy atom. The first-order chi connectivity index (χ1) is 25.7. The fourth-order valence-corrected chi connectivity index (χ4v) is 8.58. The smallest absolute Gasteiger partial charge is 0.335 e. The predicted octanol–water partition coefficient (Wildman–Crippen LogP) is 11.2. The summed E-state index contributed by atoms with van der Waals surface area (Å²) in [6, 6.07) is 5.04. The van der Waals surface area contributed by atoms with Crippen molar-refractivity contribution in [2.45, 2.75) is 179 Å². The van der Waals surface area contributed by atoms with Gasteiger partial charge in [-0.3, -0.25) is 4.79 Å². The molecule has 1 aromatic rings. The standard InChI is InChI=1S/C45H71ClO7/c1-3-5-6-7-8-9-10-11-12-13-16-19-31-52-36-26-27-37(44(50)51)35(33-36)28-32-53-43(49)25-18-15-14-17-22-38-39(41(47)34-40(38)46)23-20-24-42(48)45(4-2)29-21-30-45/h14,17,20,23,26-27,33,38-42,47-48H,3-13,15-16,18-19,21-22,24-25,28-32,34H2,1-2H3,(H,50,51)/t38-,39-,40-,41-,42+/m1/s1. The maximum Gasteiger partial charge on any atom is 0.335 e. The summed E-state index contributed by atoms with van der Waals surface area (Å²) in [5, 5.41) is 31.0. The molecule has 3 N–H and O–H groups in total. The number of aliphatic hydroxyl groups excluding tert-OH is 2. The highest BCUT2D eigenvalue weighted by molar-refractivity contribution is 6.21.